The number of benzene rings is 1. The summed E-state index contributed by atoms with van der Waals surface area (Å²) in [5.74, 6) is 5.95. The fraction of sp³-hybridized carbons (Fsp3) is 0.250. The number of anilines is 1. The van der Waals surface area contributed by atoms with Gasteiger partial charge in [0.2, 0.25) is 0 Å². The smallest absolute Gasteiger partial charge is 0.0880 e. The van der Waals surface area contributed by atoms with E-state index in [9.17, 15) is 0 Å². The van der Waals surface area contributed by atoms with Crippen LogP contribution in [0, 0.1) is 0 Å². The molecule has 0 radical (unpaired) electrons. The third-order valence-electron chi connectivity index (χ3n) is 2.63. The lowest BCUT2D eigenvalue weighted by Gasteiger charge is -2.13. The highest BCUT2D eigenvalue weighted by Crippen LogP contribution is 2.35. The van der Waals surface area contributed by atoms with Gasteiger partial charge in [-0.2, -0.15) is 0 Å². The molecule has 17 heavy (non-hydrogen) atoms. The zero-order chi connectivity index (χ0) is 12.6. The predicted octanol–water partition coefficient (Wildman–Crippen LogP) is 4.17. The van der Waals surface area contributed by atoms with E-state index in [1.165, 1.54) is 0 Å². The molecule has 5 heteroatoms. The van der Waals surface area contributed by atoms with E-state index in [1.807, 2.05) is 18.2 Å². The predicted molar refractivity (Wildman–Crippen MR) is 79.0 cm³/mol. The number of halogens is 2. The van der Waals surface area contributed by atoms with Crippen molar-refractivity contribution >= 4 is 48.5 Å². The maximum Gasteiger partial charge on any atom is 0.0880 e. The highest BCUT2D eigenvalue weighted by molar-refractivity contribution is 9.11. The molecule has 3 N–H and O–H groups in total. The Morgan fingerprint density at radius 2 is 1.88 bits per heavy atom. The normalized spacial score (nSPS) is 11.2. The number of aromatic nitrogens is 1. The van der Waals surface area contributed by atoms with Gasteiger partial charge in [0.15, 0.2) is 0 Å². The third-order valence-corrected chi connectivity index (χ3v) is 3.93. The number of nitrogen functional groups attached to an aromatic ring is 1. The van der Waals surface area contributed by atoms with Crippen molar-refractivity contribution in [3.63, 3.8) is 0 Å². The monoisotopic (exact) mass is 357 g/mol. The van der Waals surface area contributed by atoms with Gasteiger partial charge in [-0.3, -0.25) is 10.8 Å². The van der Waals surface area contributed by atoms with Crippen LogP contribution in [0.5, 0.6) is 0 Å². The molecule has 0 unspecified atom stereocenters. The molecular weight excluding hydrogens is 346 g/mol. The zero-order valence-electron chi connectivity index (χ0n) is 9.59. The molecule has 0 fully saturated rings. The molecule has 0 saturated carbocycles. The van der Waals surface area contributed by atoms with Crippen LogP contribution in [-0.2, 0) is 0 Å². The summed E-state index contributed by atoms with van der Waals surface area (Å²) in [5.41, 5.74) is 5.56. The lowest BCUT2D eigenvalue weighted by molar-refractivity contribution is 0.830. The van der Waals surface area contributed by atoms with Crippen molar-refractivity contribution in [2.24, 2.45) is 5.84 Å². The molecule has 0 aliphatic heterocycles. The summed E-state index contributed by atoms with van der Waals surface area (Å²) in [6.45, 7) is 4.22. The first kappa shape index (κ1) is 12.8. The van der Waals surface area contributed by atoms with E-state index in [2.05, 4.69) is 56.1 Å². The fourth-order valence-corrected chi connectivity index (χ4v) is 2.65. The molecule has 0 aliphatic rings. The third kappa shape index (κ3) is 2.32. The van der Waals surface area contributed by atoms with Crippen molar-refractivity contribution in [2.75, 3.05) is 5.43 Å². The van der Waals surface area contributed by atoms with Gasteiger partial charge in [-0.25, -0.2) is 0 Å². The highest BCUT2D eigenvalue weighted by Gasteiger charge is 2.12. The Bertz CT molecular complexity index is 567. The second-order valence-corrected chi connectivity index (χ2v) is 5.86. The molecule has 1 aromatic carbocycles. The Morgan fingerprint density at radius 1 is 1.24 bits per heavy atom. The quantitative estimate of drug-likeness (QED) is 0.625. The van der Waals surface area contributed by atoms with Gasteiger partial charge in [0.05, 0.1) is 11.2 Å². The summed E-state index contributed by atoms with van der Waals surface area (Å²) in [4.78, 5) is 4.67. The summed E-state index contributed by atoms with van der Waals surface area (Å²) in [6, 6.07) is 5.94. The minimum atomic E-state index is 0.359. The maximum atomic E-state index is 5.59. The first-order chi connectivity index (χ1) is 8.04. The molecule has 0 bridgehead atoms. The van der Waals surface area contributed by atoms with Crippen LogP contribution >= 0.6 is 31.9 Å². The van der Waals surface area contributed by atoms with Crippen molar-refractivity contribution < 1.29 is 0 Å². The molecule has 0 amide bonds. The van der Waals surface area contributed by atoms with Crippen molar-refractivity contribution in [2.45, 2.75) is 19.8 Å². The van der Waals surface area contributed by atoms with E-state index in [0.717, 1.165) is 31.2 Å². The Balaban J connectivity index is 2.87. The molecular formula is C12H13Br2N3. The average Bonchev–Trinajstić information content (AvgIpc) is 2.32. The van der Waals surface area contributed by atoms with Crippen LogP contribution in [0.1, 0.15) is 25.5 Å². The first-order valence-electron chi connectivity index (χ1n) is 5.30. The summed E-state index contributed by atoms with van der Waals surface area (Å²) < 4.78 is 1.95. The standard InChI is InChI=1S/C12H13Br2N3/c1-6(2)9-5-10(17-15)11-7(13)3-4-8(14)12(11)16-9/h3-6H,15H2,1-2H3,(H,16,17). The molecule has 1 heterocycles. The van der Waals surface area contributed by atoms with Crippen molar-refractivity contribution in [3.05, 3.63) is 32.8 Å². The fourth-order valence-electron chi connectivity index (χ4n) is 1.70. The summed E-state index contributed by atoms with van der Waals surface area (Å²) in [5, 5.41) is 0.992. The Kier molecular flexibility index (Phi) is 3.70. The Labute approximate surface area is 117 Å². The summed E-state index contributed by atoms with van der Waals surface area (Å²) in [7, 11) is 0. The SMILES string of the molecule is CC(C)c1cc(NN)c2c(Br)ccc(Br)c2n1. The lowest BCUT2D eigenvalue weighted by atomic mass is 10.1. The van der Waals surface area contributed by atoms with Crippen molar-refractivity contribution in [1.29, 1.82) is 0 Å². The number of nitrogens with zero attached hydrogens (tertiary/aromatic N) is 1. The van der Waals surface area contributed by atoms with Gasteiger partial charge in [-0.1, -0.05) is 29.8 Å². The van der Waals surface area contributed by atoms with Crippen LogP contribution in [0.2, 0.25) is 0 Å². The molecule has 0 spiro atoms. The van der Waals surface area contributed by atoms with Crippen LogP contribution in [0.25, 0.3) is 10.9 Å². The first-order valence-corrected chi connectivity index (χ1v) is 6.88. The second-order valence-electron chi connectivity index (χ2n) is 4.15. The van der Waals surface area contributed by atoms with E-state index in [-0.39, 0.29) is 0 Å². The van der Waals surface area contributed by atoms with Crippen molar-refractivity contribution in [1.82, 2.24) is 4.98 Å². The zero-order valence-corrected chi connectivity index (χ0v) is 12.8. The van der Waals surface area contributed by atoms with Crippen LogP contribution in [-0.4, -0.2) is 4.98 Å². The number of nitrogens with one attached hydrogen (secondary N) is 1. The Morgan fingerprint density at radius 3 is 2.47 bits per heavy atom. The van der Waals surface area contributed by atoms with Gasteiger partial charge in [-0.05, 0) is 40.0 Å². The van der Waals surface area contributed by atoms with Crippen LogP contribution in [0.3, 0.4) is 0 Å². The number of rotatable bonds is 2. The number of hydrogen-bond donors (Lipinski definition) is 2. The van der Waals surface area contributed by atoms with E-state index in [1.54, 1.807) is 0 Å². The molecule has 90 valence electrons. The minimum absolute atomic E-state index is 0.359. The Hall–Kier alpha value is -0.650. The molecule has 0 aliphatic carbocycles. The van der Waals surface area contributed by atoms with Gasteiger partial charge in [0.1, 0.15) is 0 Å². The minimum Gasteiger partial charge on any atom is -0.323 e. The average molecular weight is 359 g/mol. The number of hydrazine groups is 1. The molecule has 0 saturated heterocycles. The number of pyridine rings is 1. The second kappa shape index (κ2) is 4.92. The van der Waals surface area contributed by atoms with Gasteiger partial charge in [-0.15, -0.1) is 0 Å². The van der Waals surface area contributed by atoms with E-state index < -0.39 is 0 Å². The van der Waals surface area contributed by atoms with Gasteiger partial charge in [0, 0.05) is 20.0 Å². The number of fused-ring (bicyclic) bond motifs is 1. The van der Waals surface area contributed by atoms with Crippen molar-refractivity contribution in [3.8, 4) is 0 Å². The summed E-state index contributed by atoms with van der Waals surface area (Å²) in [6.07, 6.45) is 0. The number of hydrogen-bond acceptors (Lipinski definition) is 3. The van der Waals surface area contributed by atoms with E-state index >= 15 is 0 Å². The lowest BCUT2D eigenvalue weighted by Crippen LogP contribution is -2.09. The van der Waals surface area contributed by atoms with E-state index in [0.29, 0.717) is 5.92 Å². The largest absolute Gasteiger partial charge is 0.323 e. The maximum absolute atomic E-state index is 5.59. The molecule has 1 aromatic heterocycles. The molecule has 3 nitrogen and oxygen atoms in total. The van der Waals surface area contributed by atoms with Gasteiger partial charge >= 0.3 is 0 Å². The van der Waals surface area contributed by atoms with Crippen LogP contribution in [0.4, 0.5) is 5.69 Å². The van der Waals surface area contributed by atoms with Gasteiger partial charge in [0.25, 0.3) is 0 Å². The van der Waals surface area contributed by atoms with Crippen LogP contribution < -0.4 is 11.3 Å². The van der Waals surface area contributed by atoms with Crippen LogP contribution in [0.15, 0.2) is 27.1 Å². The highest BCUT2D eigenvalue weighted by atomic mass is 79.9. The topological polar surface area (TPSA) is 50.9 Å². The number of nitrogens with two attached hydrogens (primary N) is 1. The molecule has 2 aromatic rings. The van der Waals surface area contributed by atoms with E-state index in [4.69, 9.17) is 5.84 Å². The summed E-state index contributed by atoms with van der Waals surface area (Å²) >= 11 is 7.05. The van der Waals surface area contributed by atoms with Gasteiger partial charge < -0.3 is 5.43 Å². The molecule has 2 rings (SSSR count). The molecule has 0 atom stereocenters.